The zero-order valence-electron chi connectivity index (χ0n) is 8.24. The highest BCUT2D eigenvalue weighted by Crippen LogP contribution is 2.16. The average molecular weight is 264 g/mol. The van der Waals surface area contributed by atoms with E-state index in [1.54, 1.807) is 0 Å². The molecular formula is C11H10BrN3. The molecule has 4 heteroatoms. The van der Waals surface area contributed by atoms with Gasteiger partial charge in [-0.1, -0.05) is 17.7 Å². The van der Waals surface area contributed by atoms with Gasteiger partial charge < -0.3 is 5.32 Å². The molecule has 0 bridgehead atoms. The van der Waals surface area contributed by atoms with Crippen molar-refractivity contribution < 1.29 is 0 Å². The normalized spacial score (nSPS) is 10.0. The van der Waals surface area contributed by atoms with Gasteiger partial charge in [-0.15, -0.1) is 0 Å². The lowest BCUT2D eigenvalue weighted by molar-refractivity contribution is 1.14. The van der Waals surface area contributed by atoms with Crippen molar-refractivity contribution in [2.75, 3.05) is 5.32 Å². The molecule has 0 amide bonds. The number of rotatable bonds is 2. The van der Waals surface area contributed by atoms with Crippen LogP contribution in [0, 0.1) is 6.92 Å². The predicted molar refractivity (Wildman–Crippen MR) is 64.2 cm³/mol. The quantitative estimate of drug-likeness (QED) is 0.846. The summed E-state index contributed by atoms with van der Waals surface area (Å²) >= 11 is 3.30. The van der Waals surface area contributed by atoms with E-state index in [4.69, 9.17) is 0 Å². The fraction of sp³-hybridized carbons (Fsp3) is 0.0909. The Bertz CT molecular complexity index is 454. The molecule has 1 aromatic carbocycles. The Morgan fingerprint density at radius 2 is 1.87 bits per heavy atom. The first-order valence-electron chi connectivity index (χ1n) is 4.55. The summed E-state index contributed by atoms with van der Waals surface area (Å²) < 4.78 is 0.770. The van der Waals surface area contributed by atoms with Crippen molar-refractivity contribution in [3.05, 3.63) is 46.8 Å². The van der Waals surface area contributed by atoms with Gasteiger partial charge >= 0.3 is 0 Å². The largest absolute Gasteiger partial charge is 0.340 e. The third-order valence-electron chi connectivity index (χ3n) is 1.96. The van der Waals surface area contributed by atoms with E-state index in [1.807, 2.05) is 18.2 Å². The molecular weight excluding hydrogens is 254 g/mol. The molecule has 2 aromatic rings. The van der Waals surface area contributed by atoms with E-state index in [-0.39, 0.29) is 0 Å². The van der Waals surface area contributed by atoms with Crippen LogP contribution < -0.4 is 5.32 Å². The Hall–Kier alpha value is -1.42. The molecule has 1 heterocycles. The first-order chi connectivity index (χ1) is 7.24. The van der Waals surface area contributed by atoms with Gasteiger partial charge in [-0.3, -0.25) is 0 Å². The molecule has 1 aromatic heterocycles. The summed E-state index contributed by atoms with van der Waals surface area (Å²) in [6, 6.07) is 9.98. The number of benzene rings is 1. The third-order valence-corrected chi connectivity index (χ3v) is 2.39. The lowest BCUT2D eigenvalue weighted by Gasteiger charge is -2.05. The molecule has 0 atom stereocenters. The van der Waals surface area contributed by atoms with Crippen LogP contribution in [0.4, 0.5) is 11.5 Å². The van der Waals surface area contributed by atoms with E-state index >= 15 is 0 Å². The summed E-state index contributed by atoms with van der Waals surface area (Å²) in [7, 11) is 0. The van der Waals surface area contributed by atoms with Gasteiger partial charge in [0.2, 0.25) is 0 Å². The second kappa shape index (κ2) is 4.40. The Morgan fingerprint density at radius 3 is 2.53 bits per heavy atom. The van der Waals surface area contributed by atoms with E-state index in [0.717, 1.165) is 16.1 Å². The van der Waals surface area contributed by atoms with Crippen molar-refractivity contribution in [1.82, 2.24) is 9.97 Å². The zero-order chi connectivity index (χ0) is 10.7. The maximum absolute atomic E-state index is 4.11. The first-order valence-corrected chi connectivity index (χ1v) is 5.34. The van der Waals surface area contributed by atoms with Gasteiger partial charge in [0, 0.05) is 11.8 Å². The molecule has 0 radical (unpaired) electrons. The van der Waals surface area contributed by atoms with E-state index < -0.39 is 0 Å². The highest BCUT2D eigenvalue weighted by atomic mass is 79.9. The Labute approximate surface area is 96.7 Å². The SMILES string of the molecule is Cc1ccc(Nc2cc(Br)ncn2)cc1. The zero-order valence-corrected chi connectivity index (χ0v) is 9.82. The van der Waals surface area contributed by atoms with E-state index in [1.165, 1.54) is 11.9 Å². The highest BCUT2D eigenvalue weighted by molar-refractivity contribution is 9.10. The van der Waals surface area contributed by atoms with Crippen molar-refractivity contribution >= 4 is 27.4 Å². The summed E-state index contributed by atoms with van der Waals surface area (Å²) in [6.45, 7) is 2.06. The predicted octanol–water partition coefficient (Wildman–Crippen LogP) is 3.29. The average Bonchev–Trinajstić information content (AvgIpc) is 2.22. The van der Waals surface area contributed by atoms with E-state index in [9.17, 15) is 0 Å². The first kappa shape index (κ1) is 10.1. The van der Waals surface area contributed by atoms with Gasteiger partial charge in [-0.25, -0.2) is 9.97 Å². The summed E-state index contributed by atoms with van der Waals surface area (Å²) in [4.78, 5) is 8.07. The number of nitrogens with one attached hydrogen (secondary N) is 1. The molecule has 1 N–H and O–H groups in total. The van der Waals surface area contributed by atoms with Crippen molar-refractivity contribution in [1.29, 1.82) is 0 Å². The van der Waals surface area contributed by atoms with Crippen molar-refractivity contribution in [3.8, 4) is 0 Å². The minimum absolute atomic E-state index is 0.770. The topological polar surface area (TPSA) is 37.8 Å². The molecule has 76 valence electrons. The fourth-order valence-electron chi connectivity index (χ4n) is 1.19. The molecule has 0 aliphatic rings. The summed E-state index contributed by atoms with van der Waals surface area (Å²) in [5.74, 6) is 0.778. The summed E-state index contributed by atoms with van der Waals surface area (Å²) in [6.07, 6.45) is 1.51. The molecule has 0 saturated heterocycles. The van der Waals surface area contributed by atoms with Crippen LogP contribution in [0.1, 0.15) is 5.56 Å². The number of hydrogen-bond acceptors (Lipinski definition) is 3. The monoisotopic (exact) mass is 263 g/mol. The molecule has 0 aliphatic heterocycles. The van der Waals surface area contributed by atoms with Gasteiger partial charge in [-0.05, 0) is 35.0 Å². The Morgan fingerprint density at radius 1 is 1.13 bits per heavy atom. The number of nitrogens with zero attached hydrogens (tertiary/aromatic N) is 2. The number of hydrogen-bond donors (Lipinski definition) is 1. The van der Waals surface area contributed by atoms with Crippen LogP contribution in [0.5, 0.6) is 0 Å². The lowest BCUT2D eigenvalue weighted by Crippen LogP contribution is -1.93. The van der Waals surface area contributed by atoms with Crippen LogP contribution in [-0.4, -0.2) is 9.97 Å². The fourth-order valence-corrected chi connectivity index (χ4v) is 1.50. The van der Waals surface area contributed by atoms with Gasteiger partial charge in [0.25, 0.3) is 0 Å². The lowest BCUT2D eigenvalue weighted by atomic mass is 10.2. The molecule has 2 rings (SSSR count). The number of aryl methyl sites for hydroxylation is 1. The molecule has 0 saturated carbocycles. The van der Waals surface area contributed by atoms with Gasteiger partial charge in [0.15, 0.2) is 0 Å². The minimum atomic E-state index is 0.770. The molecule has 0 aliphatic carbocycles. The third kappa shape index (κ3) is 2.76. The molecule has 0 fully saturated rings. The second-order valence-corrected chi connectivity index (χ2v) is 4.03. The standard InChI is InChI=1S/C11H10BrN3/c1-8-2-4-9(5-3-8)15-11-6-10(12)13-7-14-11/h2-7H,1H3,(H,13,14,15). The van der Waals surface area contributed by atoms with Crippen LogP contribution in [-0.2, 0) is 0 Å². The minimum Gasteiger partial charge on any atom is -0.340 e. The summed E-state index contributed by atoms with van der Waals surface area (Å²) in [5.41, 5.74) is 2.26. The molecule has 15 heavy (non-hydrogen) atoms. The van der Waals surface area contributed by atoms with Crippen LogP contribution in [0.15, 0.2) is 41.3 Å². The van der Waals surface area contributed by atoms with Crippen LogP contribution >= 0.6 is 15.9 Å². The number of anilines is 2. The van der Waals surface area contributed by atoms with Gasteiger partial charge in [0.1, 0.15) is 16.7 Å². The van der Waals surface area contributed by atoms with E-state index in [2.05, 4.69) is 50.3 Å². The van der Waals surface area contributed by atoms with Gasteiger partial charge in [-0.2, -0.15) is 0 Å². The van der Waals surface area contributed by atoms with Crippen LogP contribution in [0.25, 0.3) is 0 Å². The Balaban J connectivity index is 2.18. The highest BCUT2D eigenvalue weighted by Gasteiger charge is 1.96. The van der Waals surface area contributed by atoms with E-state index in [0.29, 0.717) is 0 Å². The van der Waals surface area contributed by atoms with Crippen LogP contribution in [0.2, 0.25) is 0 Å². The number of aromatic nitrogens is 2. The molecule has 0 spiro atoms. The molecule has 0 unspecified atom stereocenters. The van der Waals surface area contributed by atoms with Crippen molar-refractivity contribution in [2.24, 2.45) is 0 Å². The smallest absolute Gasteiger partial charge is 0.134 e. The number of halogens is 1. The van der Waals surface area contributed by atoms with Crippen molar-refractivity contribution in [3.63, 3.8) is 0 Å². The maximum atomic E-state index is 4.11. The van der Waals surface area contributed by atoms with Crippen LogP contribution in [0.3, 0.4) is 0 Å². The maximum Gasteiger partial charge on any atom is 0.134 e. The molecule has 3 nitrogen and oxygen atoms in total. The summed E-state index contributed by atoms with van der Waals surface area (Å²) in [5, 5.41) is 3.19. The Kier molecular flexibility index (Phi) is 2.97. The van der Waals surface area contributed by atoms with Gasteiger partial charge in [0.05, 0.1) is 0 Å². The second-order valence-electron chi connectivity index (χ2n) is 3.22. The van der Waals surface area contributed by atoms with Crippen molar-refractivity contribution in [2.45, 2.75) is 6.92 Å².